The Labute approximate surface area is 108 Å². The zero-order chi connectivity index (χ0) is 13.0. The normalized spacial score (nSPS) is 20.0. The van der Waals surface area contributed by atoms with Crippen LogP contribution in [0.15, 0.2) is 0 Å². The molecule has 1 saturated carbocycles. The maximum absolute atomic E-state index is 12.0. The fraction of sp³-hybridized carbons (Fsp3) is 0.846. The molecule has 1 amide bonds. The van der Waals surface area contributed by atoms with Crippen molar-refractivity contribution >= 4 is 11.9 Å². The number of aliphatic carboxylic acids is 1. The smallest absolute Gasteiger partial charge is 0.323 e. The van der Waals surface area contributed by atoms with Crippen molar-refractivity contribution in [1.82, 2.24) is 9.80 Å². The van der Waals surface area contributed by atoms with Crippen LogP contribution in [0.3, 0.4) is 0 Å². The van der Waals surface area contributed by atoms with Crippen molar-refractivity contribution in [3.05, 3.63) is 0 Å². The lowest BCUT2D eigenvalue weighted by Gasteiger charge is -2.22. The molecule has 102 valence electrons. The van der Waals surface area contributed by atoms with Gasteiger partial charge in [0.25, 0.3) is 0 Å². The van der Waals surface area contributed by atoms with E-state index in [0.717, 1.165) is 32.5 Å². The first-order valence-electron chi connectivity index (χ1n) is 6.87. The number of hydrogen-bond donors (Lipinski definition) is 1. The van der Waals surface area contributed by atoms with Gasteiger partial charge in [-0.1, -0.05) is 0 Å². The Morgan fingerprint density at radius 2 is 1.89 bits per heavy atom. The van der Waals surface area contributed by atoms with Crippen molar-refractivity contribution in [2.75, 3.05) is 32.7 Å². The summed E-state index contributed by atoms with van der Waals surface area (Å²) in [4.78, 5) is 26.6. The summed E-state index contributed by atoms with van der Waals surface area (Å²) >= 11 is 0. The maximum atomic E-state index is 12.0. The molecular weight excluding hydrogens is 232 g/mol. The van der Waals surface area contributed by atoms with Gasteiger partial charge in [0.2, 0.25) is 5.91 Å². The molecule has 18 heavy (non-hydrogen) atoms. The lowest BCUT2D eigenvalue weighted by molar-refractivity contribution is -0.144. The fourth-order valence-corrected chi connectivity index (χ4v) is 2.45. The summed E-state index contributed by atoms with van der Waals surface area (Å²) < 4.78 is 0. The molecule has 0 bridgehead atoms. The fourth-order valence-electron chi connectivity index (χ4n) is 2.45. The van der Waals surface area contributed by atoms with Gasteiger partial charge < -0.3 is 14.9 Å². The van der Waals surface area contributed by atoms with Crippen LogP contribution < -0.4 is 0 Å². The Balaban J connectivity index is 1.75. The van der Waals surface area contributed by atoms with Gasteiger partial charge in [-0.3, -0.25) is 9.59 Å². The van der Waals surface area contributed by atoms with E-state index >= 15 is 0 Å². The summed E-state index contributed by atoms with van der Waals surface area (Å²) in [5.74, 6) is -0.374. The second-order valence-corrected chi connectivity index (χ2v) is 5.41. The number of carboxylic acids is 1. The van der Waals surface area contributed by atoms with Gasteiger partial charge >= 0.3 is 5.97 Å². The molecule has 1 aliphatic heterocycles. The quantitative estimate of drug-likeness (QED) is 0.730. The number of nitrogens with zero attached hydrogens (tertiary/aromatic N) is 2. The van der Waals surface area contributed by atoms with Gasteiger partial charge in [-0.25, -0.2) is 0 Å². The van der Waals surface area contributed by atoms with Gasteiger partial charge in [0.1, 0.15) is 6.54 Å². The second-order valence-electron chi connectivity index (χ2n) is 5.41. The highest BCUT2D eigenvalue weighted by Crippen LogP contribution is 2.29. The average Bonchev–Trinajstić information content (AvgIpc) is 2.98. The van der Waals surface area contributed by atoms with Crippen LogP contribution in [-0.4, -0.2) is 59.5 Å². The van der Waals surface area contributed by atoms with Gasteiger partial charge in [0.05, 0.1) is 0 Å². The highest BCUT2D eigenvalue weighted by molar-refractivity contribution is 5.81. The van der Waals surface area contributed by atoms with E-state index in [4.69, 9.17) is 5.11 Å². The first kappa shape index (κ1) is 13.3. The molecule has 0 aromatic rings. The van der Waals surface area contributed by atoms with E-state index in [1.165, 1.54) is 17.7 Å². The van der Waals surface area contributed by atoms with Crippen LogP contribution in [-0.2, 0) is 9.59 Å². The number of rotatable bonds is 7. The Bertz CT molecular complexity index is 309. The summed E-state index contributed by atoms with van der Waals surface area (Å²) in [6.45, 7) is 3.42. The standard InChI is InChI=1S/C13H22N2O3/c16-12(5-8-14-6-1-2-7-14)15(10-13(17)18)9-11-3-4-11/h11H,1-10H2,(H,17,18). The SMILES string of the molecule is O=C(O)CN(CC1CC1)C(=O)CCN1CCCC1. The van der Waals surface area contributed by atoms with Crippen molar-refractivity contribution in [2.45, 2.75) is 32.1 Å². The number of hydrogen-bond acceptors (Lipinski definition) is 3. The Morgan fingerprint density at radius 1 is 1.22 bits per heavy atom. The van der Waals surface area contributed by atoms with Crippen molar-refractivity contribution in [2.24, 2.45) is 5.92 Å². The first-order valence-corrected chi connectivity index (χ1v) is 6.87. The molecule has 0 aromatic carbocycles. The molecular formula is C13H22N2O3. The minimum atomic E-state index is -0.912. The predicted molar refractivity (Wildman–Crippen MR) is 67.2 cm³/mol. The van der Waals surface area contributed by atoms with Crippen LogP contribution in [0.2, 0.25) is 0 Å². The lowest BCUT2D eigenvalue weighted by atomic mass is 10.3. The van der Waals surface area contributed by atoms with Crippen LogP contribution >= 0.6 is 0 Å². The molecule has 0 atom stereocenters. The van der Waals surface area contributed by atoms with Gasteiger partial charge in [0, 0.05) is 19.5 Å². The summed E-state index contributed by atoms with van der Waals surface area (Å²) in [5, 5.41) is 8.84. The molecule has 0 spiro atoms. The molecule has 1 aliphatic carbocycles. The average molecular weight is 254 g/mol. The van der Waals surface area contributed by atoms with E-state index in [-0.39, 0.29) is 12.5 Å². The van der Waals surface area contributed by atoms with Crippen LogP contribution in [0, 0.1) is 5.92 Å². The zero-order valence-electron chi connectivity index (χ0n) is 10.8. The summed E-state index contributed by atoms with van der Waals surface area (Å²) in [7, 11) is 0. The van der Waals surface area contributed by atoms with Crippen LogP contribution in [0.1, 0.15) is 32.1 Å². The first-order chi connectivity index (χ1) is 8.65. The number of amides is 1. The summed E-state index contributed by atoms with van der Waals surface area (Å²) in [5.41, 5.74) is 0. The third-order valence-electron chi connectivity index (χ3n) is 3.69. The lowest BCUT2D eigenvalue weighted by Crippen LogP contribution is -2.38. The van der Waals surface area contributed by atoms with Crippen molar-refractivity contribution < 1.29 is 14.7 Å². The Hall–Kier alpha value is -1.10. The summed E-state index contributed by atoms with van der Waals surface area (Å²) in [6.07, 6.45) is 5.16. The van der Waals surface area contributed by atoms with E-state index in [1.54, 1.807) is 0 Å². The van der Waals surface area contributed by atoms with Gasteiger partial charge in [0.15, 0.2) is 0 Å². The van der Waals surface area contributed by atoms with Crippen molar-refractivity contribution in [3.63, 3.8) is 0 Å². The van der Waals surface area contributed by atoms with E-state index in [9.17, 15) is 9.59 Å². The van der Waals surface area contributed by atoms with Gasteiger partial charge in [-0.05, 0) is 44.7 Å². The van der Waals surface area contributed by atoms with Crippen LogP contribution in [0.5, 0.6) is 0 Å². The molecule has 1 N–H and O–H groups in total. The van der Waals surface area contributed by atoms with E-state index in [2.05, 4.69) is 4.90 Å². The van der Waals surface area contributed by atoms with E-state index in [0.29, 0.717) is 18.9 Å². The van der Waals surface area contributed by atoms with Crippen molar-refractivity contribution in [3.8, 4) is 0 Å². The van der Waals surface area contributed by atoms with Gasteiger partial charge in [-0.15, -0.1) is 0 Å². The van der Waals surface area contributed by atoms with E-state index < -0.39 is 5.97 Å². The molecule has 5 heteroatoms. The summed E-state index contributed by atoms with van der Waals surface area (Å²) in [6, 6.07) is 0. The minimum Gasteiger partial charge on any atom is -0.480 e. The molecule has 1 heterocycles. The molecule has 0 unspecified atom stereocenters. The number of carbonyl (C=O) groups excluding carboxylic acids is 1. The van der Waals surface area contributed by atoms with Gasteiger partial charge in [-0.2, -0.15) is 0 Å². The molecule has 5 nitrogen and oxygen atoms in total. The number of likely N-dealkylation sites (tertiary alicyclic amines) is 1. The number of carboxylic acid groups (broad SMARTS) is 1. The largest absolute Gasteiger partial charge is 0.480 e. The maximum Gasteiger partial charge on any atom is 0.323 e. The molecule has 1 saturated heterocycles. The Kier molecular flexibility index (Phi) is 4.58. The molecule has 2 aliphatic rings. The second kappa shape index (κ2) is 6.18. The van der Waals surface area contributed by atoms with Crippen LogP contribution in [0.4, 0.5) is 0 Å². The third-order valence-corrected chi connectivity index (χ3v) is 3.69. The highest BCUT2D eigenvalue weighted by Gasteiger charge is 2.28. The number of carbonyl (C=O) groups is 2. The minimum absolute atomic E-state index is 0.00352. The van der Waals surface area contributed by atoms with E-state index in [1.807, 2.05) is 0 Å². The van der Waals surface area contributed by atoms with Crippen LogP contribution in [0.25, 0.3) is 0 Å². The third kappa shape index (κ3) is 4.29. The monoisotopic (exact) mass is 254 g/mol. The molecule has 2 rings (SSSR count). The topological polar surface area (TPSA) is 60.9 Å². The zero-order valence-corrected chi connectivity index (χ0v) is 10.8. The highest BCUT2D eigenvalue weighted by atomic mass is 16.4. The predicted octanol–water partition coefficient (Wildman–Crippen LogP) is 0.795. The van der Waals surface area contributed by atoms with Crippen molar-refractivity contribution in [1.29, 1.82) is 0 Å². The molecule has 0 radical (unpaired) electrons. The molecule has 2 fully saturated rings. The molecule has 0 aromatic heterocycles. The Morgan fingerprint density at radius 3 is 2.44 bits per heavy atom.